The van der Waals surface area contributed by atoms with Crippen LogP contribution in [0.2, 0.25) is 0 Å². The Balaban J connectivity index is 2.32. The van der Waals surface area contributed by atoms with Crippen LogP contribution in [0, 0.1) is 0 Å². The summed E-state index contributed by atoms with van der Waals surface area (Å²) in [7, 11) is 0. The molecule has 0 aliphatic heterocycles. The average Bonchev–Trinajstić information content (AvgIpc) is 2.37. The molecule has 1 N–H and O–H groups in total. The van der Waals surface area contributed by atoms with Gasteiger partial charge in [-0.15, -0.1) is 11.6 Å². The number of hydrogen-bond acceptors (Lipinski definition) is 4. The Morgan fingerprint density at radius 3 is 2.92 bits per heavy atom. The molecule has 1 aromatic rings. The maximum absolute atomic E-state index is 5.84. The summed E-state index contributed by atoms with van der Waals surface area (Å²) < 4.78 is 3.89. The molecule has 0 bridgehead atoms. The molecule has 2 atom stereocenters. The van der Waals surface area contributed by atoms with Gasteiger partial charge in [-0.1, -0.05) is 0 Å². The van der Waals surface area contributed by atoms with E-state index >= 15 is 0 Å². The molecular formula is C7H12ClN3S. The second kappa shape index (κ2) is 4.62. The maximum Gasteiger partial charge on any atom is 0.202 e. The first-order valence-corrected chi connectivity index (χ1v) is 5.06. The van der Waals surface area contributed by atoms with Crippen molar-refractivity contribution in [1.82, 2.24) is 9.36 Å². The fourth-order valence-corrected chi connectivity index (χ4v) is 1.80. The Labute approximate surface area is 81.3 Å². The second-order valence-corrected chi connectivity index (χ2v) is 4.33. The first-order chi connectivity index (χ1) is 5.68. The quantitative estimate of drug-likeness (QED) is 0.767. The van der Waals surface area contributed by atoms with Crippen LogP contribution < -0.4 is 5.32 Å². The molecule has 0 aliphatic rings. The maximum atomic E-state index is 5.84. The van der Waals surface area contributed by atoms with Crippen LogP contribution in [0.1, 0.15) is 20.3 Å². The zero-order valence-corrected chi connectivity index (χ0v) is 8.69. The Morgan fingerprint density at radius 2 is 2.42 bits per heavy atom. The Kier molecular flexibility index (Phi) is 3.75. The fraction of sp³-hybridized carbons (Fsp3) is 0.714. The summed E-state index contributed by atoms with van der Waals surface area (Å²) in [5.41, 5.74) is 0. The van der Waals surface area contributed by atoms with Gasteiger partial charge in [0.15, 0.2) is 0 Å². The summed E-state index contributed by atoms with van der Waals surface area (Å²) in [6, 6.07) is 0.352. The summed E-state index contributed by atoms with van der Waals surface area (Å²) in [6.07, 6.45) is 2.48. The number of rotatable bonds is 4. The lowest BCUT2D eigenvalue weighted by Crippen LogP contribution is -2.18. The van der Waals surface area contributed by atoms with Gasteiger partial charge >= 0.3 is 0 Å². The topological polar surface area (TPSA) is 37.8 Å². The van der Waals surface area contributed by atoms with E-state index in [1.165, 1.54) is 11.5 Å². The SMILES string of the molecule is CC(Cl)CC(C)Nc1ncns1. The Bertz CT molecular complexity index is 212. The van der Waals surface area contributed by atoms with Crippen LogP contribution in [0.15, 0.2) is 6.33 Å². The van der Waals surface area contributed by atoms with E-state index in [-0.39, 0.29) is 5.38 Å². The second-order valence-electron chi connectivity index (χ2n) is 2.81. The van der Waals surface area contributed by atoms with E-state index in [0.29, 0.717) is 6.04 Å². The monoisotopic (exact) mass is 205 g/mol. The van der Waals surface area contributed by atoms with Gasteiger partial charge in [0.1, 0.15) is 6.33 Å². The van der Waals surface area contributed by atoms with E-state index in [4.69, 9.17) is 11.6 Å². The highest BCUT2D eigenvalue weighted by Crippen LogP contribution is 2.12. The molecule has 0 amide bonds. The van der Waals surface area contributed by atoms with E-state index in [1.54, 1.807) is 6.33 Å². The molecular weight excluding hydrogens is 194 g/mol. The molecule has 1 heterocycles. The average molecular weight is 206 g/mol. The summed E-state index contributed by atoms with van der Waals surface area (Å²) in [5, 5.41) is 4.27. The number of nitrogens with zero attached hydrogens (tertiary/aromatic N) is 2. The molecule has 0 spiro atoms. The summed E-state index contributed by atoms with van der Waals surface area (Å²) in [4.78, 5) is 4.02. The third-order valence-electron chi connectivity index (χ3n) is 1.41. The van der Waals surface area contributed by atoms with E-state index in [2.05, 4.69) is 21.6 Å². The van der Waals surface area contributed by atoms with Crippen molar-refractivity contribution in [1.29, 1.82) is 0 Å². The van der Waals surface area contributed by atoms with Crippen LogP contribution in [0.4, 0.5) is 5.13 Å². The number of alkyl halides is 1. The predicted octanol–water partition coefficient (Wildman–Crippen LogP) is 2.36. The van der Waals surface area contributed by atoms with Gasteiger partial charge in [-0.25, -0.2) is 4.98 Å². The lowest BCUT2D eigenvalue weighted by atomic mass is 10.2. The molecule has 3 nitrogen and oxygen atoms in total. The minimum Gasteiger partial charge on any atom is -0.358 e. The molecule has 68 valence electrons. The number of hydrogen-bond donors (Lipinski definition) is 1. The number of halogens is 1. The van der Waals surface area contributed by atoms with Gasteiger partial charge < -0.3 is 5.32 Å². The Morgan fingerprint density at radius 1 is 1.67 bits per heavy atom. The number of nitrogens with one attached hydrogen (secondary N) is 1. The van der Waals surface area contributed by atoms with Crippen molar-refractivity contribution in [3.05, 3.63) is 6.33 Å². The van der Waals surface area contributed by atoms with Crippen molar-refractivity contribution < 1.29 is 0 Å². The summed E-state index contributed by atoms with van der Waals surface area (Å²) >= 11 is 7.20. The van der Waals surface area contributed by atoms with Gasteiger partial charge in [-0.05, 0) is 20.3 Å². The predicted molar refractivity (Wildman–Crippen MR) is 52.9 cm³/mol. The van der Waals surface area contributed by atoms with Crippen LogP contribution in [-0.4, -0.2) is 20.8 Å². The van der Waals surface area contributed by atoms with Gasteiger partial charge in [-0.2, -0.15) is 4.37 Å². The molecule has 0 fully saturated rings. The molecule has 1 aromatic heterocycles. The highest BCUT2D eigenvalue weighted by atomic mass is 35.5. The molecule has 0 saturated heterocycles. The van der Waals surface area contributed by atoms with Gasteiger partial charge in [0.25, 0.3) is 0 Å². The first kappa shape index (κ1) is 9.74. The number of anilines is 1. The lowest BCUT2D eigenvalue weighted by Gasteiger charge is -2.12. The largest absolute Gasteiger partial charge is 0.358 e. The fourth-order valence-electron chi connectivity index (χ4n) is 0.994. The zero-order valence-electron chi connectivity index (χ0n) is 7.12. The van der Waals surface area contributed by atoms with E-state index in [1.807, 2.05) is 6.92 Å². The van der Waals surface area contributed by atoms with Crippen molar-refractivity contribution in [2.75, 3.05) is 5.32 Å². The summed E-state index contributed by atoms with van der Waals surface area (Å²) in [6.45, 7) is 4.07. The van der Waals surface area contributed by atoms with Crippen molar-refractivity contribution in [2.45, 2.75) is 31.7 Å². The van der Waals surface area contributed by atoms with Crippen molar-refractivity contribution in [3.63, 3.8) is 0 Å². The van der Waals surface area contributed by atoms with Crippen molar-refractivity contribution in [3.8, 4) is 0 Å². The van der Waals surface area contributed by atoms with Gasteiger partial charge in [0, 0.05) is 23.0 Å². The third kappa shape index (κ3) is 3.36. The normalized spacial score (nSPS) is 15.6. The Hall–Kier alpha value is -0.350. The molecule has 0 aliphatic carbocycles. The van der Waals surface area contributed by atoms with Gasteiger partial charge in [0.05, 0.1) is 0 Å². The first-order valence-electron chi connectivity index (χ1n) is 3.85. The zero-order chi connectivity index (χ0) is 8.97. The van der Waals surface area contributed by atoms with Crippen LogP contribution in [0.25, 0.3) is 0 Å². The van der Waals surface area contributed by atoms with Crippen LogP contribution in [0.3, 0.4) is 0 Å². The highest BCUT2D eigenvalue weighted by molar-refractivity contribution is 7.09. The van der Waals surface area contributed by atoms with Crippen LogP contribution in [0.5, 0.6) is 0 Å². The van der Waals surface area contributed by atoms with E-state index in [9.17, 15) is 0 Å². The molecule has 5 heteroatoms. The van der Waals surface area contributed by atoms with Crippen LogP contribution >= 0.6 is 23.1 Å². The van der Waals surface area contributed by atoms with E-state index < -0.39 is 0 Å². The van der Waals surface area contributed by atoms with E-state index in [0.717, 1.165) is 11.6 Å². The minimum atomic E-state index is 0.195. The minimum absolute atomic E-state index is 0.195. The molecule has 12 heavy (non-hydrogen) atoms. The summed E-state index contributed by atoms with van der Waals surface area (Å²) in [5.74, 6) is 0. The van der Waals surface area contributed by atoms with Crippen molar-refractivity contribution in [2.24, 2.45) is 0 Å². The van der Waals surface area contributed by atoms with Crippen molar-refractivity contribution >= 4 is 28.3 Å². The lowest BCUT2D eigenvalue weighted by molar-refractivity contribution is 0.696. The smallest absolute Gasteiger partial charge is 0.202 e. The van der Waals surface area contributed by atoms with Crippen LogP contribution in [-0.2, 0) is 0 Å². The highest BCUT2D eigenvalue weighted by Gasteiger charge is 2.06. The molecule has 0 saturated carbocycles. The van der Waals surface area contributed by atoms with Gasteiger partial charge in [0.2, 0.25) is 5.13 Å². The third-order valence-corrected chi connectivity index (χ3v) is 2.18. The molecule has 0 aromatic carbocycles. The van der Waals surface area contributed by atoms with Gasteiger partial charge in [-0.3, -0.25) is 0 Å². The molecule has 2 unspecified atom stereocenters. The molecule has 1 rings (SSSR count). The number of aromatic nitrogens is 2. The standard InChI is InChI=1S/C7H12ClN3S/c1-5(8)3-6(2)11-7-9-4-10-12-7/h4-6H,3H2,1-2H3,(H,9,10,11). The molecule has 0 radical (unpaired) electrons.